The molecule has 1 aliphatic rings. The van der Waals surface area contributed by atoms with Crippen LogP contribution in [-0.2, 0) is 6.61 Å². The van der Waals surface area contributed by atoms with Gasteiger partial charge in [0.1, 0.15) is 12.4 Å². The molecule has 0 heterocycles. The second-order valence-electron chi connectivity index (χ2n) is 6.40. The van der Waals surface area contributed by atoms with Gasteiger partial charge in [0.2, 0.25) is 0 Å². The van der Waals surface area contributed by atoms with Crippen LogP contribution in [0.2, 0.25) is 0 Å². The molecule has 3 aromatic carbocycles. The number of ether oxygens (including phenoxy) is 1. The molecule has 3 aromatic rings. The number of hydrogen-bond acceptors (Lipinski definition) is 2. The van der Waals surface area contributed by atoms with E-state index in [9.17, 15) is 0 Å². The van der Waals surface area contributed by atoms with Crippen LogP contribution in [0.25, 0.3) is 11.1 Å². The van der Waals surface area contributed by atoms with Gasteiger partial charge >= 0.3 is 0 Å². The third kappa shape index (κ3) is 2.59. The topological polar surface area (TPSA) is 35.2 Å². The van der Waals surface area contributed by atoms with Crippen LogP contribution < -0.4 is 10.5 Å². The highest BCUT2D eigenvalue weighted by molar-refractivity contribution is 5.80. The van der Waals surface area contributed by atoms with Crippen molar-refractivity contribution in [1.82, 2.24) is 0 Å². The molecule has 0 radical (unpaired) electrons. The largest absolute Gasteiger partial charge is 0.489 e. The van der Waals surface area contributed by atoms with Crippen molar-refractivity contribution in [1.29, 1.82) is 0 Å². The number of hydrogen-bond donors (Lipinski definition) is 1. The lowest BCUT2D eigenvalue weighted by Crippen LogP contribution is -2.11. The molecule has 0 aliphatic heterocycles. The van der Waals surface area contributed by atoms with Gasteiger partial charge in [-0.25, -0.2) is 0 Å². The molecule has 1 atom stereocenters. The highest BCUT2D eigenvalue weighted by Gasteiger charge is 2.28. The molecule has 0 saturated heterocycles. The fourth-order valence-electron chi connectivity index (χ4n) is 3.54. The van der Waals surface area contributed by atoms with Gasteiger partial charge < -0.3 is 10.5 Å². The lowest BCUT2D eigenvalue weighted by Gasteiger charge is -2.13. The van der Waals surface area contributed by atoms with Crippen LogP contribution >= 0.6 is 0 Å². The van der Waals surface area contributed by atoms with Crippen LogP contribution in [-0.4, -0.2) is 6.54 Å². The molecule has 0 aromatic heterocycles. The number of rotatable bonds is 4. The Kier molecular flexibility index (Phi) is 3.83. The molecule has 24 heavy (non-hydrogen) atoms. The highest BCUT2D eigenvalue weighted by atomic mass is 16.5. The summed E-state index contributed by atoms with van der Waals surface area (Å²) in [6.45, 7) is 3.33. The van der Waals surface area contributed by atoms with Crippen molar-refractivity contribution in [3.05, 3.63) is 89.0 Å². The lowest BCUT2D eigenvalue weighted by atomic mass is 9.96. The minimum Gasteiger partial charge on any atom is -0.489 e. The Morgan fingerprint density at radius 1 is 0.875 bits per heavy atom. The maximum atomic E-state index is 6.09. The zero-order valence-electron chi connectivity index (χ0n) is 13.8. The van der Waals surface area contributed by atoms with Gasteiger partial charge in [-0.05, 0) is 46.9 Å². The van der Waals surface area contributed by atoms with E-state index in [1.165, 1.54) is 33.4 Å². The van der Waals surface area contributed by atoms with E-state index < -0.39 is 0 Å². The monoisotopic (exact) mass is 315 g/mol. The molecule has 0 spiro atoms. The Hall–Kier alpha value is -2.58. The molecule has 0 saturated carbocycles. The van der Waals surface area contributed by atoms with Crippen molar-refractivity contribution in [2.45, 2.75) is 19.4 Å². The van der Waals surface area contributed by atoms with Gasteiger partial charge in [-0.15, -0.1) is 0 Å². The molecule has 2 N–H and O–H groups in total. The Bertz CT molecular complexity index is 870. The minimum absolute atomic E-state index is 0.259. The Labute approximate surface area is 142 Å². The summed E-state index contributed by atoms with van der Waals surface area (Å²) in [5.74, 6) is 1.16. The summed E-state index contributed by atoms with van der Waals surface area (Å²) in [4.78, 5) is 0. The first-order valence-electron chi connectivity index (χ1n) is 8.38. The summed E-state index contributed by atoms with van der Waals surface area (Å²) in [5.41, 5.74) is 13.8. The van der Waals surface area contributed by atoms with Crippen LogP contribution in [0.1, 0.15) is 28.2 Å². The molecular formula is C22H21NO. The highest BCUT2D eigenvalue weighted by Crippen LogP contribution is 2.45. The maximum Gasteiger partial charge on any atom is 0.120 e. The normalized spacial score (nSPS) is 15.0. The van der Waals surface area contributed by atoms with E-state index in [4.69, 9.17) is 10.5 Å². The second-order valence-corrected chi connectivity index (χ2v) is 6.40. The van der Waals surface area contributed by atoms with Gasteiger partial charge in [0, 0.05) is 12.5 Å². The average Bonchev–Trinajstić information content (AvgIpc) is 2.92. The predicted octanol–water partition coefficient (Wildman–Crippen LogP) is 4.65. The van der Waals surface area contributed by atoms with Crippen molar-refractivity contribution in [2.24, 2.45) is 5.73 Å². The average molecular weight is 315 g/mol. The predicted molar refractivity (Wildman–Crippen MR) is 98.3 cm³/mol. The summed E-state index contributed by atoms with van der Waals surface area (Å²) >= 11 is 0. The summed E-state index contributed by atoms with van der Waals surface area (Å²) < 4.78 is 5.99. The van der Waals surface area contributed by atoms with Crippen molar-refractivity contribution in [3.8, 4) is 16.9 Å². The van der Waals surface area contributed by atoms with E-state index in [2.05, 4.69) is 55.5 Å². The Morgan fingerprint density at radius 3 is 2.33 bits per heavy atom. The number of fused-ring (bicyclic) bond motifs is 3. The molecule has 0 amide bonds. The summed E-state index contributed by atoms with van der Waals surface area (Å²) in [7, 11) is 0. The molecule has 2 nitrogen and oxygen atoms in total. The molecule has 4 rings (SSSR count). The fourth-order valence-corrected chi connectivity index (χ4v) is 3.54. The summed E-state index contributed by atoms with van der Waals surface area (Å²) in [6.07, 6.45) is 0. The SMILES string of the molecule is Cc1ccc2c(c1)C(CN)c1cc(OCc3ccccc3)ccc1-2. The van der Waals surface area contributed by atoms with Crippen LogP contribution in [0, 0.1) is 6.92 Å². The van der Waals surface area contributed by atoms with E-state index in [0.29, 0.717) is 13.2 Å². The van der Waals surface area contributed by atoms with Gasteiger partial charge in [0.25, 0.3) is 0 Å². The van der Waals surface area contributed by atoms with Gasteiger partial charge in [-0.2, -0.15) is 0 Å². The van der Waals surface area contributed by atoms with E-state index in [0.717, 1.165) is 5.75 Å². The number of nitrogens with two attached hydrogens (primary N) is 1. The first kappa shape index (κ1) is 15.0. The minimum atomic E-state index is 0.259. The van der Waals surface area contributed by atoms with Crippen molar-refractivity contribution in [2.75, 3.05) is 6.54 Å². The Balaban J connectivity index is 1.64. The number of aryl methyl sites for hydroxylation is 1. The standard InChI is InChI=1S/C22H21NO/c1-15-7-9-18-19-10-8-17(24-14-16-5-3-2-4-6-16)12-21(19)22(13-23)20(18)11-15/h2-12,22H,13-14,23H2,1H3. The van der Waals surface area contributed by atoms with Crippen LogP contribution in [0.5, 0.6) is 5.75 Å². The molecular weight excluding hydrogens is 294 g/mol. The molecule has 0 bridgehead atoms. The molecule has 0 fully saturated rings. The maximum absolute atomic E-state index is 6.09. The first-order valence-corrected chi connectivity index (χ1v) is 8.38. The van der Waals surface area contributed by atoms with E-state index >= 15 is 0 Å². The van der Waals surface area contributed by atoms with Gasteiger partial charge in [-0.1, -0.05) is 60.2 Å². The Morgan fingerprint density at radius 2 is 1.58 bits per heavy atom. The zero-order chi connectivity index (χ0) is 16.5. The van der Waals surface area contributed by atoms with E-state index in [-0.39, 0.29) is 5.92 Å². The molecule has 2 heteroatoms. The van der Waals surface area contributed by atoms with Crippen molar-refractivity contribution in [3.63, 3.8) is 0 Å². The van der Waals surface area contributed by atoms with Gasteiger partial charge in [0.15, 0.2) is 0 Å². The molecule has 120 valence electrons. The third-order valence-corrected chi connectivity index (χ3v) is 4.76. The van der Waals surface area contributed by atoms with Gasteiger partial charge in [-0.3, -0.25) is 0 Å². The third-order valence-electron chi connectivity index (χ3n) is 4.76. The van der Waals surface area contributed by atoms with Crippen LogP contribution in [0.15, 0.2) is 66.7 Å². The van der Waals surface area contributed by atoms with Crippen molar-refractivity contribution >= 4 is 0 Å². The summed E-state index contributed by atoms with van der Waals surface area (Å²) in [5, 5.41) is 0. The fraction of sp³-hybridized carbons (Fsp3) is 0.182. The zero-order valence-corrected chi connectivity index (χ0v) is 13.8. The van der Waals surface area contributed by atoms with Crippen LogP contribution in [0.4, 0.5) is 0 Å². The van der Waals surface area contributed by atoms with E-state index in [1.54, 1.807) is 0 Å². The van der Waals surface area contributed by atoms with Gasteiger partial charge in [0.05, 0.1) is 0 Å². The first-order chi connectivity index (χ1) is 11.8. The molecule has 1 aliphatic carbocycles. The quantitative estimate of drug-likeness (QED) is 0.761. The smallest absolute Gasteiger partial charge is 0.120 e. The summed E-state index contributed by atoms with van der Waals surface area (Å²) in [6, 6.07) is 23.3. The second kappa shape index (κ2) is 6.14. The van der Waals surface area contributed by atoms with Crippen LogP contribution in [0.3, 0.4) is 0 Å². The van der Waals surface area contributed by atoms with Crippen molar-refractivity contribution < 1.29 is 4.74 Å². The lowest BCUT2D eigenvalue weighted by molar-refractivity contribution is 0.306. The van der Waals surface area contributed by atoms with E-state index in [1.807, 2.05) is 18.2 Å². The molecule has 1 unspecified atom stereocenters. The number of benzene rings is 3.